The van der Waals surface area contributed by atoms with Crippen LogP contribution >= 0.6 is 11.3 Å². The van der Waals surface area contributed by atoms with Gasteiger partial charge in [0.2, 0.25) is 0 Å². The summed E-state index contributed by atoms with van der Waals surface area (Å²) in [6, 6.07) is 0. The molecule has 1 N–H and O–H groups in total. The van der Waals surface area contributed by atoms with Crippen LogP contribution in [0.4, 0.5) is 0 Å². The highest BCUT2D eigenvalue weighted by Crippen LogP contribution is 2.22. The maximum Gasteiger partial charge on any atom is 0.337 e. The van der Waals surface area contributed by atoms with Crippen molar-refractivity contribution in [3.05, 3.63) is 27.1 Å². The van der Waals surface area contributed by atoms with Gasteiger partial charge in [-0.1, -0.05) is 26.7 Å². The number of aryl methyl sites for hydroxylation is 1. The minimum absolute atomic E-state index is 0.0692. The molecule has 0 unspecified atom stereocenters. The Balaban J connectivity index is 2.58. The molecule has 0 amide bonds. The zero-order chi connectivity index (χ0) is 15.4. The number of hydrogen-bond donors (Lipinski definition) is 1. The van der Waals surface area contributed by atoms with Crippen LogP contribution in [0.15, 0.2) is 10.2 Å². The molecule has 0 aliphatic rings. The van der Waals surface area contributed by atoms with Crippen molar-refractivity contribution in [3.63, 3.8) is 0 Å². The molecular formula is C15H20N2O3S. The summed E-state index contributed by atoms with van der Waals surface area (Å²) < 4.78 is 1.67. The molecule has 0 atom stereocenters. The van der Waals surface area contributed by atoms with Crippen LogP contribution in [0.1, 0.15) is 55.7 Å². The molecule has 0 aliphatic heterocycles. The lowest BCUT2D eigenvalue weighted by Crippen LogP contribution is -2.26. The molecule has 5 nitrogen and oxygen atoms in total. The highest BCUT2D eigenvalue weighted by molar-refractivity contribution is 7.17. The highest BCUT2D eigenvalue weighted by atomic mass is 32.1. The van der Waals surface area contributed by atoms with Gasteiger partial charge >= 0.3 is 5.97 Å². The fourth-order valence-corrected chi connectivity index (χ4v) is 3.31. The van der Waals surface area contributed by atoms with Gasteiger partial charge in [0, 0.05) is 18.3 Å². The van der Waals surface area contributed by atoms with Crippen molar-refractivity contribution >= 4 is 27.5 Å². The number of carbonyl (C=O) groups is 1. The molecule has 0 saturated heterocycles. The SMILES string of the molecule is CCCCCn1c(CCC)nc2scc(C(=O)O)c2c1=O. The number of rotatable bonds is 7. The molecule has 2 aromatic rings. The second-order valence-corrected chi connectivity index (χ2v) is 5.93. The molecule has 114 valence electrons. The lowest BCUT2D eigenvalue weighted by atomic mass is 10.2. The maximum atomic E-state index is 12.7. The monoisotopic (exact) mass is 308 g/mol. The molecule has 0 aliphatic carbocycles. The summed E-state index contributed by atoms with van der Waals surface area (Å²) in [6.07, 6.45) is 4.67. The predicted octanol–water partition coefficient (Wildman–Crippen LogP) is 3.30. The summed E-state index contributed by atoms with van der Waals surface area (Å²) in [5.41, 5.74) is -0.141. The highest BCUT2D eigenvalue weighted by Gasteiger charge is 2.18. The van der Waals surface area contributed by atoms with Gasteiger partial charge < -0.3 is 5.11 Å². The topological polar surface area (TPSA) is 72.2 Å². The van der Waals surface area contributed by atoms with E-state index in [0.29, 0.717) is 11.4 Å². The second-order valence-electron chi connectivity index (χ2n) is 5.08. The number of hydrogen-bond acceptors (Lipinski definition) is 4. The van der Waals surface area contributed by atoms with E-state index in [1.807, 2.05) is 6.92 Å². The van der Waals surface area contributed by atoms with Crippen molar-refractivity contribution in [1.29, 1.82) is 0 Å². The van der Waals surface area contributed by atoms with E-state index in [-0.39, 0.29) is 16.5 Å². The first-order valence-electron chi connectivity index (χ1n) is 7.34. The molecule has 0 spiro atoms. The Labute approximate surface area is 127 Å². The zero-order valence-electron chi connectivity index (χ0n) is 12.4. The van der Waals surface area contributed by atoms with Gasteiger partial charge in [-0.2, -0.15) is 0 Å². The van der Waals surface area contributed by atoms with Crippen molar-refractivity contribution < 1.29 is 9.90 Å². The standard InChI is InChI=1S/C15H20N2O3S/c1-3-5-6-8-17-11(7-4-2)16-13-12(14(17)18)10(9-21-13)15(19)20/h9H,3-8H2,1-2H3,(H,19,20). The van der Waals surface area contributed by atoms with Crippen LogP contribution in [0.25, 0.3) is 10.2 Å². The molecule has 6 heteroatoms. The molecule has 0 aromatic carbocycles. The Morgan fingerprint density at radius 3 is 2.71 bits per heavy atom. The normalized spacial score (nSPS) is 11.1. The van der Waals surface area contributed by atoms with E-state index in [2.05, 4.69) is 11.9 Å². The summed E-state index contributed by atoms with van der Waals surface area (Å²) in [5, 5.41) is 11.0. The fraction of sp³-hybridized carbons (Fsp3) is 0.533. The van der Waals surface area contributed by atoms with Gasteiger partial charge in [0.05, 0.1) is 10.9 Å². The van der Waals surface area contributed by atoms with Crippen LogP contribution in [0.5, 0.6) is 0 Å². The van der Waals surface area contributed by atoms with Crippen molar-refractivity contribution in [2.24, 2.45) is 0 Å². The van der Waals surface area contributed by atoms with Crippen LogP contribution in [0.3, 0.4) is 0 Å². The van der Waals surface area contributed by atoms with Crippen LogP contribution in [0.2, 0.25) is 0 Å². The average molecular weight is 308 g/mol. The van der Waals surface area contributed by atoms with Gasteiger partial charge in [0.1, 0.15) is 10.7 Å². The summed E-state index contributed by atoms with van der Waals surface area (Å²) in [4.78, 5) is 29.0. The van der Waals surface area contributed by atoms with Gasteiger partial charge in [-0.3, -0.25) is 9.36 Å². The van der Waals surface area contributed by atoms with E-state index in [0.717, 1.165) is 37.9 Å². The number of carboxylic acids is 1. The first-order valence-corrected chi connectivity index (χ1v) is 8.22. The van der Waals surface area contributed by atoms with Gasteiger partial charge in [0.25, 0.3) is 5.56 Å². The number of carboxylic acid groups (broad SMARTS) is 1. The van der Waals surface area contributed by atoms with Gasteiger partial charge in [-0.15, -0.1) is 11.3 Å². The third kappa shape index (κ3) is 3.15. The molecule has 0 radical (unpaired) electrons. The Kier molecular flexibility index (Phi) is 5.12. The smallest absolute Gasteiger partial charge is 0.337 e. The van der Waals surface area contributed by atoms with Crippen LogP contribution in [-0.2, 0) is 13.0 Å². The largest absolute Gasteiger partial charge is 0.478 e. The van der Waals surface area contributed by atoms with E-state index in [4.69, 9.17) is 0 Å². The lowest BCUT2D eigenvalue weighted by molar-refractivity contribution is 0.0699. The number of nitrogens with zero attached hydrogens (tertiary/aromatic N) is 2. The molecule has 21 heavy (non-hydrogen) atoms. The van der Waals surface area contributed by atoms with E-state index < -0.39 is 5.97 Å². The molecule has 2 rings (SSSR count). The summed E-state index contributed by atoms with van der Waals surface area (Å²) in [6.45, 7) is 4.77. The Morgan fingerprint density at radius 1 is 1.33 bits per heavy atom. The minimum Gasteiger partial charge on any atom is -0.478 e. The number of aromatic carboxylic acids is 1. The Bertz CT molecular complexity index is 703. The molecule has 0 saturated carbocycles. The van der Waals surface area contributed by atoms with Crippen LogP contribution in [-0.4, -0.2) is 20.6 Å². The molecule has 0 fully saturated rings. The van der Waals surface area contributed by atoms with Crippen molar-refractivity contribution in [2.45, 2.75) is 52.5 Å². The molecule has 0 bridgehead atoms. The third-order valence-electron chi connectivity index (χ3n) is 3.46. The van der Waals surface area contributed by atoms with Gasteiger partial charge in [-0.25, -0.2) is 9.78 Å². The van der Waals surface area contributed by atoms with Crippen molar-refractivity contribution in [2.75, 3.05) is 0 Å². The second kappa shape index (κ2) is 6.85. The number of aromatic nitrogens is 2. The summed E-state index contributed by atoms with van der Waals surface area (Å²) in [7, 11) is 0. The van der Waals surface area contributed by atoms with E-state index in [1.54, 1.807) is 4.57 Å². The zero-order valence-corrected chi connectivity index (χ0v) is 13.2. The van der Waals surface area contributed by atoms with Crippen molar-refractivity contribution in [3.8, 4) is 0 Å². The van der Waals surface area contributed by atoms with Crippen LogP contribution in [0, 0.1) is 0 Å². The number of unbranched alkanes of at least 4 members (excludes halogenated alkanes) is 2. The number of thiophene rings is 1. The molecular weight excluding hydrogens is 288 g/mol. The third-order valence-corrected chi connectivity index (χ3v) is 4.33. The molecule has 2 aromatic heterocycles. The van der Waals surface area contributed by atoms with Gasteiger partial charge in [-0.05, 0) is 12.8 Å². The Hall–Kier alpha value is -1.69. The number of fused-ring (bicyclic) bond motifs is 1. The first-order chi connectivity index (χ1) is 10.1. The first kappa shape index (κ1) is 15.7. The summed E-state index contributed by atoms with van der Waals surface area (Å²) in [5.74, 6) is -0.298. The quantitative estimate of drug-likeness (QED) is 0.797. The summed E-state index contributed by atoms with van der Waals surface area (Å²) >= 11 is 1.23. The average Bonchev–Trinajstić information content (AvgIpc) is 2.87. The predicted molar refractivity (Wildman–Crippen MR) is 84.4 cm³/mol. The lowest BCUT2D eigenvalue weighted by Gasteiger charge is -2.11. The maximum absolute atomic E-state index is 12.7. The fourth-order valence-electron chi connectivity index (χ4n) is 2.39. The van der Waals surface area contributed by atoms with E-state index in [1.165, 1.54) is 16.7 Å². The Morgan fingerprint density at radius 2 is 2.10 bits per heavy atom. The minimum atomic E-state index is -1.07. The molecule has 2 heterocycles. The van der Waals surface area contributed by atoms with Gasteiger partial charge in [0.15, 0.2) is 0 Å². The van der Waals surface area contributed by atoms with Crippen LogP contribution < -0.4 is 5.56 Å². The van der Waals surface area contributed by atoms with Crippen molar-refractivity contribution in [1.82, 2.24) is 9.55 Å². The van der Waals surface area contributed by atoms with E-state index >= 15 is 0 Å². The van der Waals surface area contributed by atoms with E-state index in [9.17, 15) is 14.7 Å².